The monoisotopic (exact) mass is 383 g/mol. The van der Waals surface area contributed by atoms with Crippen molar-refractivity contribution in [1.82, 2.24) is 9.97 Å². The second-order valence-corrected chi connectivity index (χ2v) is 6.52. The van der Waals surface area contributed by atoms with Crippen LogP contribution in [0.3, 0.4) is 0 Å². The van der Waals surface area contributed by atoms with Crippen LogP contribution < -0.4 is 15.2 Å². The lowest BCUT2D eigenvalue weighted by Crippen LogP contribution is -1.99. The summed E-state index contributed by atoms with van der Waals surface area (Å²) in [6.45, 7) is 0.488. The number of benzene rings is 3. The lowest BCUT2D eigenvalue weighted by molar-refractivity contribution is 0.306. The summed E-state index contributed by atoms with van der Waals surface area (Å²) in [5, 5.41) is 0. The van der Waals surface area contributed by atoms with Gasteiger partial charge in [-0.2, -0.15) is 0 Å². The van der Waals surface area contributed by atoms with Gasteiger partial charge in [-0.25, -0.2) is 9.97 Å². The number of nitrogens with two attached hydrogens (primary N) is 1. The minimum atomic E-state index is 0.251. The summed E-state index contributed by atoms with van der Waals surface area (Å²) in [4.78, 5) is 8.74. The molecule has 0 saturated carbocycles. The minimum Gasteiger partial charge on any atom is -0.497 e. The van der Waals surface area contributed by atoms with E-state index in [1.165, 1.54) is 0 Å². The number of hydrogen-bond donors (Lipinski definition) is 1. The van der Waals surface area contributed by atoms with Gasteiger partial charge in [0.2, 0.25) is 5.95 Å². The molecule has 0 fully saturated rings. The molecule has 1 aromatic heterocycles. The minimum absolute atomic E-state index is 0.251. The van der Waals surface area contributed by atoms with Gasteiger partial charge in [0.1, 0.15) is 18.1 Å². The highest BCUT2D eigenvalue weighted by Crippen LogP contribution is 2.26. The van der Waals surface area contributed by atoms with Gasteiger partial charge in [-0.3, -0.25) is 0 Å². The molecule has 2 N–H and O–H groups in total. The number of anilines is 1. The maximum Gasteiger partial charge on any atom is 0.221 e. The third kappa shape index (κ3) is 4.52. The van der Waals surface area contributed by atoms with Crippen molar-refractivity contribution < 1.29 is 9.47 Å². The standard InChI is InChI=1S/C24H21N3O2/c1-28-20-11-7-17(8-12-20)16-29-21-13-9-19(10-14-21)23-15-22(26-24(25)27-23)18-5-3-2-4-6-18/h2-15H,16H2,1H3,(H2,25,26,27). The van der Waals surface area contributed by atoms with Crippen molar-refractivity contribution in [3.05, 3.63) is 90.5 Å². The summed E-state index contributed by atoms with van der Waals surface area (Å²) in [7, 11) is 1.65. The Balaban J connectivity index is 1.49. The Morgan fingerprint density at radius 3 is 1.93 bits per heavy atom. The summed E-state index contributed by atoms with van der Waals surface area (Å²) in [6.07, 6.45) is 0. The first-order valence-electron chi connectivity index (χ1n) is 9.27. The van der Waals surface area contributed by atoms with Crippen LogP contribution in [0, 0.1) is 0 Å². The average molecular weight is 383 g/mol. The number of methoxy groups -OCH3 is 1. The summed E-state index contributed by atoms with van der Waals surface area (Å²) < 4.78 is 11.0. The first-order chi connectivity index (χ1) is 14.2. The second kappa shape index (κ2) is 8.44. The van der Waals surface area contributed by atoms with Crippen LogP contribution >= 0.6 is 0 Å². The van der Waals surface area contributed by atoms with Gasteiger partial charge in [0, 0.05) is 11.1 Å². The van der Waals surface area contributed by atoms with Crippen molar-refractivity contribution >= 4 is 5.95 Å². The maximum absolute atomic E-state index is 5.94. The molecule has 0 spiro atoms. The average Bonchev–Trinajstić information content (AvgIpc) is 2.78. The molecule has 0 radical (unpaired) electrons. The van der Waals surface area contributed by atoms with Crippen LogP contribution in [0.25, 0.3) is 22.5 Å². The Morgan fingerprint density at radius 1 is 0.724 bits per heavy atom. The number of nitrogens with zero attached hydrogens (tertiary/aromatic N) is 2. The SMILES string of the molecule is COc1ccc(COc2ccc(-c3cc(-c4ccccc4)nc(N)n3)cc2)cc1. The quantitative estimate of drug-likeness (QED) is 0.508. The Hall–Kier alpha value is -3.86. The zero-order chi connectivity index (χ0) is 20.1. The highest BCUT2D eigenvalue weighted by Gasteiger charge is 2.07. The van der Waals surface area contributed by atoms with Gasteiger partial charge in [-0.1, -0.05) is 42.5 Å². The molecule has 0 amide bonds. The van der Waals surface area contributed by atoms with Crippen molar-refractivity contribution in [3.63, 3.8) is 0 Å². The van der Waals surface area contributed by atoms with E-state index in [9.17, 15) is 0 Å². The number of aromatic nitrogens is 2. The predicted molar refractivity (Wildman–Crippen MR) is 115 cm³/mol. The van der Waals surface area contributed by atoms with E-state index < -0.39 is 0 Å². The third-order valence-electron chi connectivity index (χ3n) is 4.53. The van der Waals surface area contributed by atoms with Crippen LogP contribution in [0.5, 0.6) is 11.5 Å². The fraction of sp³-hybridized carbons (Fsp3) is 0.0833. The van der Waals surface area contributed by atoms with Crippen molar-refractivity contribution in [2.45, 2.75) is 6.61 Å². The van der Waals surface area contributed by atoms with E-state index in [1.807, 2.05) is 84.9 Å². The second-order valence-electron chi connectivity index (χ2n) is 6.52. The smallest absolute Gasteiger partial charge is 0.221 e. The van der Waals surface area contributed by atoms with Crippen LogP contribution in [-0.2, 0) is 6.61 Å². The van der Waals surface area contributed by atoms with Crippen LogP contribution in [0.2, 0.25) is 0 Å². The maximum atomic E-state index is 5.94. The highest BCUT2D eigenvalue weighted by atomic mass is 16.5. The van der Waals surface area contributed by atoms with Crippen molar-refractivity contribution in [3.8, 4) is 34.0 Å². The van der Waals surface area contributed by atoms with Crippen molar-refractivity contribution in [2.75, 3.05) is 12.8 Å². The van der Waals surface area contributed by atoms with Crippen LogP contribution in [-0.4, -0.2) is 17.1 Å². The van der Waals surface area contributed by atoms with Gasteiger partial charge < -0.3 is 15.2 Å². The topological polar surface area (TPSA) is 70.3 Å². The van der Waals surface area contributed by atoms with Crippen molar-refractivity contribution in [2.24, 2.45) is 0 Å². The Morgan fingerprint density at radius 2 is 1.31 bits per heavy atom. The first-order valence-corrected chi connectivity index (χ1v) is 9.27. The van der Waals surface area contributed by atoms with Crippen LogP contribution in [0.15, 0.2) is 84.9 Å². The van der Waals surface area contributed by atoms with E-state index in [4.69, 9.17) is 15.2 Å². The van der Waals surface area contributed by atoms with Gasteiger partial charge in [0.15, 0.2) is 0 Å². The van der Waals surface area contributed by atoms with Gasteiger partial charge in [0.05, 0.1) is 18.5 Å². The fourth-order valence-corrected chi connectivity index (χ4v) is 2.98. The molecule has 0 aliphatic rings. The summed E-state index contributed by atoms with van der Waals surface area (Å²) >= 11 is 0. The van der Waals surface area contributed by atoms with Gasteiger partial charge >= 0.3 is 0 Å². The lowest BCUT2D eigenvalue weighted by atomic mass is 10.1. The van der Waals surface area contributed by atoms with E-state index >= 15 is 0 Å². The predicted octanol–water partition coefficient (Wildman–Crippen LogP) is 4.98. The number of nitrogen functional groups attached to an aromatic ring is 1. The highest BCUT2D eigenvalue weighted by molar-refractivity contribution is 5.69. The molecule has 29 heavy (non-hydrogen) atoms. The molecule has 0 bridgehead atoms. The zero-order valence-corrected chi connectivity index (χ0v) is 16.1. The van der Waals surface area contributed by atoms with Crippen molar-refractivity contribution in [1.29, 1.82) is 0 Å². The molecule has 4 aromatic rings. The van der Waals surface area contributed by atoms with E-state index in [-0.39, 0.29) is 5.95 Å². The number of rotatable bonds is 6. The fourth-order valence-electron chi connectivity index (χ4n) is 2.98. The Labute approximate surface area is 169 Å². The summed E-state index contributed by atoms with van der Waals surface area (Å²) in [5.41, 5.74) is 10.5. The molecule has 0 unspecified atom stereocenters. The molecule has 1 heterocycles. The molecule has 144 valence electrons. The molecule has 0 saturated heterocycles. The number of ether oxygens (including phenoxy) is 2. The normalized spacial score (nSPS) is 10.5. The molecule has 5 heteroatoms. The summed E-state index contributed by atoms with van der Waals surface area (Å²) in [6, 6.07) is 27.5. The van der Waals surface area contributed by atoms with E-state index in [1.54, 1.807) is 7.11 Å². The first kappa shape index (κ1) is 18.5. The molecule has 4 rings (SSSR count). The summed E-state index contributed by atoms with van der Waals surface area (Å²) in [5.74, 6) is 1.87. The molecule has 5 nitrogen and oxygen atoms in total. The molecule has 3 aromatic carbocycles. The Kier molecular flexibility index (Phi) is 5.38. The van der Waals surface area contributed by atoms with E-state index in [2.05, 4.69) is 9.97 Å². The molecular formula is C24H21N3O2. The molecule has 0 aliphatic heterocycles. The van der Waals surface area contributed by atoms with Gasteiger partial charge in [-0.15, -0.1) is 0 Å². The molecule has 0 aliphatic carbocycles. The third-order valence-corrected chi connectivity index (χ3v) is 4.53. The lowest BCUT2D eigenvalue weighted by Gasteiger charge is -2.09. The molecular weight excluding hydrogens is 362 g/mol. The largest absolute Gasteiger partial charge is 0.497 e. The Bertz CT molecular complexity index is 1080. The van der Waals surface area contributed by atoms with Crippen LogP contribution in [0.4, 0.5) is 5.95 Å². The molecule has 0 atom stereocenters. The zero-order valence-electron chi connectivity index (χ0n) is 16.1. The van der Waals surface area contributed by atoms with Gasteiger partial charge in [-0.05, 0) is 48.0 Å². The van der Waals surface area contributed by atoms with Gasteiger partial charge in [0.25, 0.3) is 0 Å². The van der Waals surface area contributed by atoms with E-state index in [0.29, 0.717) is 6.61 Å². The number of hydrogen-bond acceptors (Lipinski definition) is 5. The van der Waals surface area contributed by atoms with Crippen LogP contribution in [0.1, 0.15) is 5.56 Å². The van der Waals surface area contributed by atoms with E-state index in [0.717, 1.165) is 39.6 Å².